The molecule has 0 spiro atoms. The highest BCUT2D eigenvalue weighted by molar-refractivity contribution is 5.88. The Morgan fingerprint density at radius 2 is 2.17 bits per heavy atom. The van der Waals surface area contributed by atoms with Gasteiger partial charge in [-0.3, -0.25) is 10.1 Å². The summed E-state index contributed by atoms with van der Waals surface area (Å²) in [5.74, 6) is 0.532. The van der Waals surface area contributed by atoms with E-state index in [1.165, 1.54) is 7.11 Å². The van der Waals surface area contributed by atoms with Crippen molar-refractivity contribution in [3.05, 3.63) is 11.8 Å². The molecule has 6 heteroatoms. The molecule has 0 aliphatic heterocycles. The topological polar surface area (TPSA) is 90.1 Å². The number of aromatic nitrogens is 2. The molecule has 0 bridgehead atoms. The van der Waals surface area contributed by atoms with Crippen LogP contribution in [0.25, 0.3) is 0 Å². The van der Waals surface area contributed by atoms with Crippen molar-refractivity contribution in [2.75, 3.05) is 12.4 Å². The van der Waals surface area contributed by atoms with E-state index in [1.807, 2.05) is 20.8 Å². The maximum Gasteiger partial charge on any atom is 0.232 e. The first kappa shape index (κ1) is 14.4. The monoisotopic (exact) mass is 252 g/mol. The van der Waals surface area contributed by atoms with E-state index >= 15 is 0 Å². The third-order valence-corrected chi connectivity index (χ3v) is 2.29. The van der Waals surface area contributed by atoms with E-state index in [4.69, 9.17) is 10.5 Å². The predicted octanol–water partition coefficient (Wildman–Crippen LogP) is 1.25. The second kappa shape index (κ2) is 5.77. The Hall–Kier alpha value is -1.69. The minimum atomic E-state index is -0.359. The summed E-state index contributed by atoms with van der Waals surface area (Å²) >= 11 is 0. The van der Waals surface area contributed by atoms with Crippen molar-refractivity contribution in [1.29, 1.82) is 0 Å². The van der Waals surface area contributed by atoms with Gasteiger partial charge in [-0.15, -0.1) is 0 Å². The molecule has 1 amide bonds. The largest absolute Gasteiger partial charge is 0.481 e. The number of amides is 1. The molecule has 100 valence electrons. The van der Waals surface area contributed by atoms with Gasteiger partial charge in [0.25, 0.3) is 0 Å². The van der Waals surface area contributed by atoms with E-state index in [1.54, 1.807) is 6.07 Å². The zero-order valence-corrected chi connectivity index (χ0v) is 11.3. The number of carbonyl (C=O) groups is 1. The first-order valence-electron chi connectivity index (χ1n) is 5.78. The van der Waals surface area contributed by atoms with Gasteiger partial charge in [-0.1, -0.05) is 0 Å². The zero-order valence-electron chi connectivity index (χ0n) is 11.3. The SMILES string of the molecule is COc1cc(C)nc(NC(=O)CCC(C)(C)N)n1. The van der Waals surface area contributed by atoms with Crippen LogP contribution in [0.1, 0.15) is 32.4 Å². The van der Waals surface area contributed by atoms with Gasteiger partial charge in [-0.25, -0.2) is 4.98 Å². The lowest BCUT2D eigenvalue weighted by Crippen LogP contribution is -2.33. The fraction of sp³-hybridized carbons (Fsp3) is 0.583. The van der Waals surface area contributed by atoms with Crippen LogP contribution in [0.5, 0.6) is 5.88 Å². The number of ether oxygens (including phenoxy) is 1. The number of nitrogens with zero attached hydrogens (tertiary/aromatic N) is 2. The molecule has 0 unspecified atom stereocenters. The summed E-state index contributed by atoms with van der Waals surface area (Å²) in [5.41, 5.74) is 6.19. The maximum atomic E-state index is 11.7. The van der Waals surface area contributed by atoms with Gasteiger partial charge in [0, 0.05) is 23.7 Å². The van der Waals surface area contributed by atoms with Gasteiger partial charge < -0.3 is 10.5 Å². The van der Waals surface area contributed by atoms with E-state index in [2.05, 4.69) is 15.3 Å². The molecule has 0 aliphatic rings. The van der Waals surface area contributed by atoms with Crippen LogP contribution >= 0.6 is 0 Å². The van der Waals surface area contributed by atoms with Crippen molar-refractivity contribution in [3.8, 4) is 5.88 Å². The normalized spacial score (nSPS) is 11.2. The van der Waals surface area contributed by atoms with Crippen LogP contribution in [-0.4, -0.2) is 28.5 Å². The van der Waals surface area contributed by atoms with Crippen LogP contribution in [0, 0.1) is 6.92 Å². The van der Waals surface area contributed by atoms with Gasteiger partial charge in [0.05, 0.1) is 7.11 Å². The number of rotatable bonds is 5. The lowest BCUT2D eigenvalue weighted by molar-refractivity contribution is -0.116. The van der Waals surface area contributed by atoms with Gasteiger partial charge in [-0.05, 0) is 27.2 Å². The Bertz CT molecular complexity index is 427. The molecule has 0 aliphatic carbocycles. The molecular weight excluding hydrogens is 232 g/mol. The maximum absolute atomic E-state index is 11.7. The Balaban J connectivity index is 2.61. The molecule has 18 heavy (non-hydrogen) atoms. The average Bonchev–Trinajstić information content (AvgIpc) is 2.24. The summed E-state index contributed by atoms with van der Waals surface area (Å²) in [5, 5.41) is 2.63. The Morgan fingerprint density at radius 3 is 2.72 bits per heavy atom. The van der Waals surface area contributed by atoms with E-state index < -0.39 is 0 Å². The van der Waals surface area contributed by atoms with Crippen LogP contribution in [0.3, 0.4) is 0 Å². The zero-order chi connectivity index (χ0) is 13.8. The fourth-order valence-electron chi connectivity index (χ4n) is 1.32. The molecule has 0 saturated carbocycles. The third-order valence-electron chi connectivity index (χ3n) is 2.29. The number of nitrogens with one attached hydrogen (secondary N) is 1. The Morgan fingerprint density at radius 1 is 1.50 bits per heavy atom. The van der Waals surface area contributed by atoms with Crippen LogP contribution in [0.2, 0.25) is 0 Å². The Kier molecular flexibility index (Phi) is 4.61. The van der Waals surface area contributed by atoms with Crippen LogP contribution < -0.4 is 15.8 Å². The smallest absolute Gasteiger partial charge is 0.232 e. The fourth-order valence-corrected chi connectivity index (χ4v) is 1.32. The Labute approximate surface area is 107 Å². The standard InChI is InChI=1S/C12H20N4O2/c1-8-7-10(18-4)16-11(14-8)15-9(17)5-6-12(2,3)13/h7H,5-6,13H2,1-4H3,(H,14,15,16,17). The molecule has 1 aromatic rings. The molecule has 1 heterocycles. The molecule has 0 fully saturated rings. The van der Waals surface area contributed by atoms with Gasteiger partial charge in [-0.2, -0.15) is 4.98 Å². The van der Waals surface area contributed by atoms with E-state index in [-0.39, 0.29) is 17.4 Å². The molecule has 1 aromatic heterocycles. The first-order chi connectivity index (χ1) is 8.30. The van der Waals surface area contributed by atoms with Crippen molar-refractivity contribution in [2.45, 2.75) is 39.2 Å². The summed E-state index contributed by atoms with van der Waals surface area (Å²) in [7, 11) is 1.52. The van der Waals surface area contributed by atoms with Crippen molar-refractivity contribution in [3.63, 3.8) is 0 Å². The third kappa shape index (κ3) is 5.09. The van der Waals surface area contributed by atoms with E-state index in [0.29, 0.717) is 18.7 Å². The number of hydrogen-bond acceptors (Lipinski definition) is 5. The van der Waals surface area contributed by atoms with Crippen LogP contribution in [0.4, 0.5) is 5.95 Å². The molecular formula is C12H20N4O2. The molecule has 0 atom stereocenters. The molecule has 1 rings (SSSR count). The summed E-state index contributed by atoms with van der Waals surface area (Å²) < 4.78 is 5.01. The number of anilines is 1. The lowest BCUT2D eigenvalue weighted by Gasteiger charge is -2.17. The first-order valence-corrected chi connectivity index (χ1v) is 5.78. The summed E-state index contributed by atoms with van der Waals surface area (Å²) in [6.45, 7) is 5.57. The number of nitrogens with two attached hydrogens (primary N) is 1. The highest BCUT2D eigenvalue weighted by atomic mass is 16.5. The number of methoxy groups -OCH3 is 1. The van der Waals surface area contributed by atoms with Gasteiger partial charge >= 0.3 is 0 Å². The number of aryl methyl sites for hydroxylation is 1. The van der Waals surface area contributed by atoms with Crippen molar-refractivity contribution in [2.24, 2.45) is 5.73 Å². The lowest BCUT2D eigenvalue weighted by atomic mass is 10.00. The van der Waals surface area contributed by atoms with E-state index in [0.717, 1.165) is 5.69 Å². The average molecular weight is 252 g/mol. The second-order valence-corrected chi connectivity index (χ2v) is 4.91. The quantitative estimate of drug-likeness (QED) is 0.823. The van der Waals surface area contributed by atoms with Gasteiger partial charge in [0.1, 0.15) is 0 Å². The predicted molar refractivity (Wildman–Crippen MR) is 69.5 cm³/mol. The van der Waals surface area contributed by atoms with E-state index in [9.17, 15) is 4.79 Å². The van der Waals surface area contributed by atoms with Crippen LogP contribution in [-0.2, 0) is 4.79 Å². The number of carbonyl (C=O) groups excluding carboxylic acids is 1. The van der Waals surface area contributed by atoms with Gasteiger partial charge in [0.15, 0.2) is 0 Å². The summed E-state index contributed by atoms with van der Waals surface area (Å²) in [6.07, 6.45) is 0.935. The number of hydrogen-bond donors (Lipinski definition) is 2. The minimum Gasteiger partial charge on any atom is -0.481 e. The highest BCUT2D eigenvalue weighted by Crippen LogP contribution is 2.12. The molecule has 3 N–H and O–H groups in total. The van der Waals surface area contributed by atoms with Crippen molar-refractivity contribution >= 4 is 11.9 Å². The van der Waals surface area contributed by atoms with Crippen molar-refractivity contribution in [1.82, 2.24) is 9.97 Å². The molecule has 0 saturated heterocycles. The molecule has 0 aromatic carbocycles. The highest BCUT2D eigenvalue weighted by Gasteiger charge is 2.14. The minimum absolute atomic E-state index is 0.152. The van der Waals surface area contributed by atoms with Crippen LogP contribution in [0.15, 0.2) is 6.07 Å². The van der Waals surface area contributed by atoms with Crippen molar-refractivity contribution < 1.29 is 9.53 Å². The summed E-state index contributed by atoms with van der Waals surface area (Å²) in [4.78, 5) is 19.8. The summed E-state index contributed by atoms with van der Waals surface area (Å²) in [6, 6.07) is 1.69. The molecule has 6 nitrogen and oxygen atoms in total. The van der Waals surface area contributed by atoms with Gasteiger partial charge in [0.2, 0.25) is 17.7 Å². The molecule has 0 radical (unpaired) electrons. The second-order valence-electron chi connectivity index (χ2n) is 4.91.